The molecule has 0 spiro atoms. The van der Waals surface area contributed by atoms with Crippen molar-refractivity contribution in [3.05, 3.63) is 53.9 Å². The summed E-state index contributed by atoms with van der Waals surface area (Å²) in [4.78, 5) is 15.0. The van der Waals surface area contributed by atoms with E-state index in [1.807, 2.05) is 19.4 Å². The third-order valence-corrected chi connectivity index (χ3v) is 6.25. The molecule has 2 fully saturated rings. The minimum Gasteiger partial charge on any atom is -0.393 e. The highest BCUT2D eigenvalue weighted by Crippen LogP contribution is 2.38. The summed E-state index contributed by atoms with van der Waals surface area (Å²) in [7, 11) is 1.88. The van der Waals surface area contributed by atoms with Gasteiger partial charge in [-0.05, 0) is 56.2 Å². The van der Waals surface area contributed by atoms with Gasteiger partial charge in [0.15, 0.2) is 0 Å². The number of hydrogen-bond donors (Lipinski definition) is 2. The molecule has 2 heterocycles. The molecule has 1 saturated carbocycles. The van der Waals surface area contributed by atoms with Gasteiger partial charge in [0.2, 0.25) is 5.91 Å². The standard InChI is InChI=1S/C22H30N4O2/c1-25-14-19(13-23-25)22(18-11-20(27)12-18)24-21(28)15-26-9-7-17(8-10-26)16-5-3-2-4-6-16/h2-6,13-14,17-18,20,22,27H,7-12,15H2,1H3,(H,24,28). The highest BCUT2D eigenvalue weighted by Gasteiger charge is 2.36. The number of aliphatic hydroxyl groups excluding tert-OH is 1. The van der Waals surface area contributed by atoms with Crippen LogP contribution in [-0.2, 0) is 11.8 Å². The van der Waals surface area contributed by atoms with Crippen LogP contribution in [0.25, 0.3) is 0 Å². The Morgan fingerprint density at radius 2 is 1.96 bits per heavy atom. The molecule has 1 aliphatic heterocycles. The molecule has 6 nitrogen and oxygen atoms in total. The van der Waals surface area contributed by atoms with Gasteiger partial charge in [-0.3, -0.25) is 14.4 Å². The Morgan fingerprint density at radius 3 is 2.57 bits per heavy atom. The smallest absolute Gasteiger partial charge is 0.234 e. The van der Waals surface area contributed by atoms with Gasteiger partial charge in [0.25, 0.3) is 0 Å². The highest BCUT2D eigenvalue weighted by molar-refractivity contribution is 5.78. The minimum absolute atomic E-state index is 0.0633. The van der Waals surface area contributed by atoms with E-state index in [9.17, 15) is 9.90 Å². The Balaban J connectivity index is 1.30. The van der Waals surface area contributed by atoms with Crippen LogP contribution in [0.3, 0.4) is 0 Å². The zero-order chi connectivity index (χ0) is 19.5. The monoisotopic (exact) mass is 382 g/mol. The van der Waals surface area contributed by atoms with Gasteiger partial charge in [0.05, 0.1) is 24.9 Å². The summed E-state index contributed by atoms with van der Waals surface area (Å²) in [5, 5.41) is 17.2. The zero-order valence-electron chi connectivity index (χ0n) is 16.5. The number of benzene rings is 1. The molecular weight excluding hydrogens is 352 g/mol. The lowest BCUT2D eigenvalue weighted by atomic mass is 9.75. The lowest BCUT2D eigenvalue weighted by molar-refractivity contribution is -0.124. The first-order chi connectivity index (χ1) is 13.6. The van der Waals surface area contributed by atoms with Crippen LogP contribution in [0.1, 0.15) is 48.8 Å². The summed E-state index contributed by atoms with van der Waals surface area (Å²) in [6.45, 7) is 2.34. The third kappa shape index (κ3) is 4.45. The first kappa shape index (κ1) is 19.2. The number of aromatic nitrogens is 2. The predicted octanol–water partition coefficient (Wildman–Crippen LogP) is 2.23. The molecule has 4 rings (SSSR count). The number of hydrogen-bond acceptors (Lipinski definition) is 4. The van der Waals surface area contributed by atoms with Crippen molar-refractivity contribution in [3.8, 4) is 0 Å². The topological polar surface area (TPSA) is 70.4 Å². The predicted molar refractivity (Wildman–Crippen MR) is 108 cm³/mol. The molecular formula is C22H30N4O2. The van der Waals surface area contributed by atoms with Crippen molar-refractivity contribution in [2.45, 2.75) is 43.7 Å². The molecule has 2 aliphatic rings. The van der Waals surface area contributed by atoms with Crippen molar-refractivity contribution in [1.82, 2.24) is 20.0 Å². The largest absolute Gasteiger partial charge is 0.393 e. The van der Waals surface area contributed by atoms with Crippen LogP contribution in [-0.4, -0.2) is 51.4 Å². The number of carbonyl (C=O) groups excluding carboxylic acids is 1. The summed E-state index contributed by atoms with van der Waals surface area (Å²) in [5.41, 5.74) is 2.43. The van der Waals surface area contributed by atoms with E-state index in [2.05, 4.69) is 45.6 Å². The molecule has 1 aromatic carbocycles. The number of nitrogens with one attached hydrogen (secondary N) is 1. The normalized spacial score (nSPS) is 24.5. The Kier molecular flexibility index (Phi) is 5.78. The maximum atomic E-state index is 12.7. The molecule has 2 N–H and O–H groups in total. The molecule has 1 atom stereocenters. The van der Waals surface area contributed by atoms with Crippen LogP contribution in [0.4, 0.5) is 0 Å². The first-order valence-corrected chi connectivity index (χ1v) is 10.3. The average Bonchev–Trinajstić information content (AvgIpc) is 3.11. The Hall–Kier alpha value is -2.18. The Bertz CT molecular complexity index is 777. The molecule has 2 aromatic rings. The van der Waals surface area contributed by atoms with E-state index in [0.717, 1.165) is 44.3 Å². The molecule has 1 aromatic heterocycles. The second-order valence-corrected chi connectivity index (χ2v) is 8.34. The number of likely N-dealkylation sites (tertiary alicyclic amines) is 1. The van der Waals surface area contributed by atoms with Crippen LogP contribution in [0.2, 0.25) is 0 Å². The van der Waals surface area contributed by atoms with E-state index in [4.69, 9.17) is 0 Å². The minimum atomic E-state index is -0.238. The summed E-state index contributed by atoms with van der Waals surface area (Å²) >= 11 is 0. The van der Waals surface area contributed by atoms with Crippen molar-refractivity contribution in [2.75, 3.05) is 19.6 Å². The number of amides is 1. The van der Waals surface area contributed by atoms with Crippen molar-refractivity contribution >= 4 is 5.91 Å². The first-order valence-electron chi connectivity index (χ1n) is 10.3. The molecule has 0 radical (unpaired) electrons. The molecule has 1 unspecified atom stereocenters. The van der Waals surface area contributed by atoms with E-state index >= 15 is 0 Å². The van der Waals surface area contributed by atoms with Crippen LogP contribution in [0, 0.1) is 5.92 Å². The number of aryl methyl sites for hydroxylation is 1. The third-order valence-electron chi connectivity index (χ3n) is 6.25. The fraction of sp³-hybridized carbons (Fsp3) is 0.545. The average molecular weight is 383 g/mol. The SMILES string of the molecule is Cn1cc(C(NC(=O)CN2CCC(c3ccccc3)CC2)C2CC(O)C2)cn1. The van der Waals surface area contributed by atoms with Gasteiger partial charge < -0.3 is 10.4 Å². The van der Waals surface area contributed by atoms with Gasteiger partial charge in [-0.25, -0.2) is 0 Å². The highest BCUT2D eigenvalue weighted by atomic mass is 16.3. The van der Waals surface area contributed by atoms with Crippen molar-refractivity contribution < 1.29 is 9.90 Å². The fourth-order valence-corrected chi connectivity index (χ4v) is 4.55. The van der Waals surface area contributed by atoms with E-state index < -0.39 is 0 Å². The van der Waals surface area contributed by atoms with Gasteiger partial charge in [0.1, 0.15) is 0 Å². The number of carbonyl (C=O) groups is 1. The van der Waals surface area contributed by atoms with Gasteiger partial charge in [-0.1, -0.05) is 30.3 Å². The quantitative estimate of drug-likeness (QED) is 0.804. The summed E-state index contributed by atoms with van der Waals surface area (Å²) in [6, 6.07) is 10.6. The van der Waals surface area contributed by atoms with Gasteiger partial charge in [0, 0.05) is 18.8 Å². The van der Waals surface area contributed by atoms with Gasteiger partial charge in [-0.15, -0.1) is 0 Å². The number of aliphatic hydroxyl groups is 1. The van der Waals surface area contributed by atoms with Crippen molar-refractivity contribution in [2.24, 2.45) is 13.0 Å². The Labute approximate surface area is 166 Å². The maximum absolute atomic E-state index is 12.7. The van der Waals surface area contributed by atoms with E-state index in [1.54, 1.807) is 4.68 Å². The van der Waals surface area contributed by atoms with Gasteiger partial charge in [-0.2, -0.15) is 5.10 Å². The van der Waals surface area contributed by atoms with Crippen LogP contribution in [0.15, 0.2) is 42.7 Å². The molecule has 28 heavy (non-hydrogen) atoms. The number of rotatable bonds is 6. The molecule has 1 amide bonds. The van der Waals surface area contributed by atoms with Crippen molar-refractivity contribution in [1.29, 1.82) is 0 Å². The summed E-state index contributed by atoms with van der Waals surface area (Å²) in [6.07, 6.45) is 7.21. The van der Waals surface area contributed by atoms with Crippen LogP contribution in [0.5, 0.6) is 0 Å². The molecule has 150 valence electrons. The second-order valence-electron chi connectivity index (χ2n) is 8.34. The number of piperidine rings is 1. The van der Waals surface area contributed by atoms with Crippen molar-refractivity contribution in [3.63, 3.8) is 0 Å². The van der Waals surface area contributed by atoms with E-state index in [0.29, 0.717) is 12.5 Å². The number of nitrogens with zero attached hydrogens (tertiary/aromatic N) is 3. The maximum Gasteiger partial charge on any atom is 0.234 e. The molecule has 6 heteroatoms. The fourth-order valence-electron chi connectivity index (χ4n) is 4.55. The second kappa shape index (κ2) is 8.45. The summed E-state index contributed by atoms with van der Waals surface area (Å²) in [5.74, 6) is 0.945. The summed E-state index contributed by atoms with van der Waals surface area (Å²) < 4.78 is 1.76. The van der Waals surface area contributed by atoms with E-state index in [-0.39, 0.29) is 24.0 Å². The zero-order valence-corrected chi connectivity index (χ0v) is 16.5. The molecule has 0 bridgehead atoms. The lowest BCUT2D eigenvalue weighted by Crippen LogP contribution is -2.46. The van der Waals surface area contributed by atoms with E-state index in [1.165, 1.54) is 5.56 Å². The van der Waals surface area contributed by atoms with Gasteiger partial charge >= 0.3 is 0 Å². The van der Waals surface area contributed by atoms with Crippen LogP contribution < -0.4 is 5.32 Å². The molecule has 1 aliphatic carbocycles. The molecule has 1 saturated heterocycles. The Morgan fingerprint density at radius 1 is 1.25 bits per heavy atom. The van der Waals surface area contributed by atoms with Crippen LogP contribution >= 0.6 is 0 Å². The lowest BCUT2D eigenvalue weighted by Gasteiger charge is -2.38.